The first-order valence-corrected chi connectivity index (χ1v) is 14.3. The molecule has 13 heteroatoms. The predicted molar refractivity (Wildman–Crippen MR) is 146 cm³/mol. The maximum Gasteiger partial charge on any atom is 0.328 e. The van der Waals surface area contributed by atoms with Crippen LogP contribution in [-0.2, 0) is 16.5 Å². The molecule has 0 bridgehead atoms. The van der Waals surface area contributed by atoms with E-state index in [9.17, 15) is 18.5 Å². The number of alkyl halides is 2. The normalized spacial score (nSPS) is 12.2. The highest BCUT2D eigenvalue weighted by Gasteiger charge is 2.36. The first kappa shape index (κ1) is 28.0. The molecule has 0 radical (unpaired) electrons. The topological polar surface area (TPSA) is 106 Å². The highest BCUT2D eigenvalue weighted by atomic mass is 35.5. The van der Waals surface area contributed by atoms with Gasteiger partial charge in [0.2, 0.25) is 0 Å². The molecule has 0 fully saturated rings. The number of hydrogen-bond acceptors (Lipinski definition) is 9. The van der Waals surface area contributed by atoms with Crippen LogP contribution in [0.1, 0.15) is 16.4 Å². The van der Waals surface area contributed by atoms with Gasteiger partial charge in [0.05, 0.1) is 10.5 Å². The highest BCUT2D eigenvalue weighted by molar-refractivity contribution is 7.87. The van der Waals surface area contributed by atoms with E-state index in [1.54, 1.807) is 30.5 Å². The monoisotopic (exact) mass is 572 g/mol. The van der Waals surface area contributed by atoms with Crippen LogP contribution in [0.15, 0.2) is 54.0 Å². The Hall–Kier alpha value is -2.60. The summed E-state index contributed by atoms with van der Waals surface area (Å²) in [5.74, 6) is 1.62. The Morgan fingerprint density at radius 2 is 1.75 bits per heavy atom. The molecular weight excluding hydrogens is 547 g/mol. The first-order valence-electron chi connectivity index (χ1n) is 10.9. The summed E-state index contributed by atoms with van der Waals surface area (Å²) in [6, 6.07) is 11.5. The van der Waals surface area contributed by atoms with Crippen LogP contribution in [0.5, 0.6) is 5.75 Å². The standard InChI is InChI=1S/C23H26Cl2N4O5S2/c1-27(2)22-8-3-17(16-26-22)15-21(20-9-14-35-23(20)29(30)31)36(32,33)34-19-6-4-18(5-7-19)28(12-10-24)13-11-25/h3-9,14,16,21H,10-13,15H2,1-2H3. The molecule has 0 aliphatic carbocycles. The van der Waals surface area contributed by atoms with Crippen LogP contribution in [0.25, 0.3) is 0 Å². The molecule has 3 rings (SSSR count). The van der Waals surface area contributed by atoms with E-state index >= 15 is 0 Å². The van der Waals surface area contributed by atoms with E-state index in [1.807, 2.05) is 23.9 Å². The third kappa shape index (κ3) is 7.00. The van der Waals surface area contributed by atoms with Crippen LogP contribution in [0, 0.1) is 10.1 Å². The Balaban J connectivity index is 1.91. The molecule has 1 unspecified atom stereocenters. The summed E-state index contributed by atoms with van der Waals surface area (Å²) >= 11 is 12.6. The first-order chi connectivity index (χ1) is 17.2. The zero-order valence-corrected chi connectivity index (χ0v) is 22.9. The van der Waals surface area contributed by atoms with E-state index in [2.05, 4.69) is 4.98 Å². The number of nitrogens with zero attached hydrogens (tertiary/aromatic N) is 4. The number of thiophene rings is 1. The van der Waals surface area contributed by atoms with Crippen molar-refractivity contribution in [3.05, 3.63) is 75.3 Å². The van der Waals surface area contributed by atoms with Crippen molar-refractivity contribution < 1.29 is 17.5 Å². The summed E-state index contributed by atoms with van der Waals surface area (Å²) in [6.07, 6.45) is 1.52. The number of halogens is 2. The van der Waals surface area contributed by atoms with Gasteiger partial charge in [0.25, 0.3) is 0 Å². The van der Waals surface area contributed by atoms with Crippen molar-refractivity contribution >= 4 is 61.2 Å². The summed E-state index contributed by atoms with van der Waals surface area (Å²) in [4.78, 5) is 19.1. The van der Waals surface area contributed by atoms with Gasteiger partial charge >= 0.3 is 15.1 Å². The van der Waals surface area contributed by atoms with Crippen molar-refractivity contribution in [2.24, 2.45) is 0 Å². The maximum atomic E-state index is 13.5. The van der Waals surface area contributed by atoms with Crippen molar-refractivity contribution in [1.82, 2.24) is 4.98 Å². The van der Waals surface area contributed by atoms with E-state index in [4.69, 9.17) is 27.4 Å². The molecule has 9 nitrogen and oxygen atoms in total. The average molecular weight is 574 g/mol. The molecule has 0 amide bonds. The van der Waals surface area contributed by atoms with E-state index in [0.717, 1.165) is 17.0 Å². The van der Waals surface area contributed by atoms with Crippen LogP contribution in [0.4, 0.5) is 16.5 Å². The van der Waals surface area contributed by atoms with Gasteiger partial charge in [-0.05, 0) is 53.8 Å². The summed E-state index contributed by atoms with van der Waals surface area (Å²) < 4.78 is 32.4. The molecule has 0 spiro atoms. The molecular formula is C23H26Cl2N4O5S2. The van der Waals surface area contributed by atoms with E-state index in [1.165, 1.54) is 23.6 Å². The van der Waals surface area contributed by atoms with E-state index in [-0.39, 0.29) is 22.7 Å². The molecule has 2 aromatic heterocycles. The summed E-state index contributed by atoms with van der Waals surface area (Å²) in [5.41, 5.74) is 1.50. The quantitative estimate of drug-likeness (QED) is 0.120. The second-order valence-corrected chi connectivity index (χ2v) is 11.4. The van der Waals surface area contributed by atoms with E-state index < -0.39 is 20.3 Å². The Kier molecular flexibility index (Phi) is 9.77. The second-order valence-electron chi connectivity index (χ2n) is 7.99. The van der Waals surface area contributed by atoms with E-state index in [0.29, 0.717) is 36.2 Å². The third-order valence-corrected chi connectivity index (χ3v) is 8.11. The van der Waals surface area contributed by atoms with Gasteiger partial charge in [-0.1, -0.05) is 17.4 Å². The molecule has 0 N–H and O–H groups in total. The number of benzene rings is 1. The van der Waals surface area contributed by atoms with Gasteiger partial charge in [-0.2, -0.15) is 8.42 Å². The smallest absolute Gasteiger partial charge is 0.328 e. The third-order valence-electron chi connectivity index (χ3n) is 5.35. The Morgan fingerprint density at radius 3 is 2.28 bits per heavy atom. The maximum absolute atomic E-state index is 13.5. The number of rotatable bonds is 13. The second kappa shape index (κ2) is 12.6. The molecule has 1 aromatic carbocycles. The molecule has 2 heterocycles. The summed E-state index contributed by atoms with van der Waals surface area (Å²) in [5, 5.41) is 11.5. The van der Waals surface area contributed by atoms with Crippen molar-refractivity contribution in [2.45, 2.75) is 11.7 Å². The molecule has 0 aliphatic rings. The Labute approximate surface area is 224 Å². The fraction of sp³-hybridized carbons (Fsp3) is 0.348. The number of nitro groups is 1. The molecule has 36 heavy (non-hydrogen) atoms. The molecule has 0 saturated heterocycles. The lowest BCUT2D eigenvalue weighted by Crippen LogP contribution is -2.27. The van der Waals surface area contributed by atoms with Crippen LogP contribution in [-0.4, -0.2) is 57.3 Å². The lowest BCUT2D eigenvalue weighted by molar-refractivity contribution is -0.380. The SMILES string of the molecule is CN(C)c1ccc(CC(c2ccsc2[N+](=O)[O-])S(=O)(=O)Oc2ccc(N(CCCl)CCCl)cc2)cn1. The van der Waals surface area contributed by atoms with Gasteiger partial charge in [-0.15, -0.1) is 23.2 Å². The average Bonchev–Trinajstić information content (AvgIpc) is 3.33. The van der Waals surface area contributed by atoms with Gasteiger partial charge in [0.15, 0.2) is 0 Å². The molecule has 0 saturated carbocycles. The molecule has 0 aliphatic heterocycles. The summed E-state index contributed by atoms with van der Waals surface area (Å²) in [6.45, 7) is 1.16. The molecule has 1 atom stereocenters. The fourth-order valence-corrected chi connectivity index (χ4v) is 6.22. The number of aromatic nitrogens is 1. The lowest BCUT2D eigenvalue weighted by Gasteiger charge is -2.23. The van der Waals surface area contributed by atoms with Crippen LogP contribution in [0.2, 0.25) is 0 Å². The minimum atomic E-state index is -4.32. The largest absolute Gasteiger partial charge is 0.382 e. The lowest BCUT2D eigenvalue weighted by atomic mass is 10.1. The highest BCUT2D eigenvalue weighted by Crippen LogP contribution is 2.38. The van der Waals surface area contributed by atoms with Crippen molar-refractivity contribution in [3.63, 3.8) is 0 Å². The van der Waals surface area contributed by atoms with Gasteiger partial charge in [0.1, 0.15) is 16.8 Å². The van der Waals surface area contributed by atoms with Crippen LogP contribution >= 0.6 is 34.5 Å². The number of anilines is 2. The van der Waals surface area contributed by atoms with Crippen LogP contribution < -0.4 is 14.0 Å². The van der Waals surface area contributed by atoms with Crippen molar-refractivity contribution in [1.29, 1.82) is 0 Å². The zero-order valence-electron chi connectivity index (χ0n) is 19.7. The predicted octanol–water partition coefficient (Wildman–Crippen LogP) is 5.09. The Morgan fingerprint density at radius 1 is 1.08 bits per heavy atom. The minimum absolute atomic E-state index is 0.0437. The van der Waals surface area contributed by atoms with Gasteiger partial charge in [-0.25, -0.2) is 4.98 Å². The van der Waals surface area contributed by atoms with Crippen LogP contribution in [0.3, 0.4) is 0 Å². The van der Waals surface area contributed by atoms with Gasteiger partial charge in [-0.3, -0.25) is 10.1 Å². The minimum Gasteiger partial charge on any atom is -0.382 e. The fourth-order valence-electron chi connectivity index (χ4n) is 3.57. The van der Waals surface area contributed by atoms with Crippen molar-refractivity contribution in [2.75, 3.05) is 48.7 Å². The Bertz CT molecular complexity index is 1250. The molecule has 3 aromatic rings. The number of hydrogen-bond donors (Lipinski definition) is 0. The van der Waals surface area contributed by atoms with Gasteiger partial charge in [0, 0.05) is 50.8 Å². The summed E-state index contributed by atoms with van der Waals surface area (Å²) in [7, 11) is -0.642. The van der Waals surface area contributed by atoms with Crippen molar-refractivity contribution in [3.8, 4) is 5.75 Å². The number of pyridine rings is 1. The zero-order chi connectivity index (χ0) is 26.3. The van der Waals surface area contributed by atoms with Gasteiger partial charge < -0.3 is 14.0 Å². The molecule has 194 valence electrons.